The number of rotatable bonds is 8. The van der Waals surface area contributed by atoms with Crippen LogP contribution >= 0.6 is 0 Å². The van der Waals surface area contributed by atoms with E-state index >= 15 is 0 Å². The maximum absolute atomic E-state index is 12.1. The molecule has 1 aromatic heterocycles. The van der Waals surface area contributed by atoms with Gasteiger partial charge in [0.05, 0.1) is 12.7 Å². The van der Waals surface area contributed by atoms with Gasteiger partial charge < -0.3 is 14.5 Å². The van der Waals surface area contributed by atoms with Gasteiger partial charge in [0.25, 0.3) is 5.91 Å². The van der Waals surface area contributed by atoms with Gasteiger partial charge in [-0.3, -0.25) is 9.59 Å². The number of carbonyl (C=O) groups excluding carboxylic acids is 2. The van der Waals surface area contributed by atoms with Crippen LogP contribution in [0, 0.1) is 6.92 Å². The van der Waals surface area contributed by atoms with Crippen LogP contribution in [0.1, 0.15) is 30.0 Å². The van der Waals surface area contributed by atoms with Crippen LogP contribution in [-0.2, 0) is 27.2 Å². The number of ether oxygens (including phenoxy) is 1. The highest BCUT2D eigenvalue weighted by atomic mass is 16.5. The third-order valence-corrected chi connectivity index (χ3v) is 4.63. The minimum Gasteiger partial charge on any atom is -0.464 e. The van der Waals surface area contributed by atoms with Crippen molar-refractivity contribution >= 4 is 22.8 Å². The average Bonchev–Trinajstić information content (AvgIpc) is 3.07. The number of furan rings is 1. The highest BCUT2D eigenvalue weighted by molar-refractivity contribution is 5.87. The lowest BCUT2D eigenvalue weighted by Gasteiger charge is -2.14. The molecular formula is C23H25NO4. The van der Waals surface area contributed by atoms with Gasteiger partial charge in [-0.1, -0.05) is 42.5 Å². The SMILES string of the molecule is Cc1ccc2c(CC(=O)OCC(=O)N[C@@H](C)CCc3ccccc3)coc2c1. The van der Waals surface area contributed by atoms with E-state index in [0.29, 0.717) is 0 Å². The molecular weight excluding hydrogens is 354 g/mol. The molecule has 146 valence electrons. The minimum atomic E-state index is -0.449. The zero-order chi connectivity index (χ0) is 19.9. The van der Waals surface area contributed by atoms with E-state index in [4.69, 9.17) is 9.15 Å². The fourth-order valence-electron chi connectivity index (χ4n) is 3.10. The van der Waals surface area contributed by atoms with Crippen LogP contribution in [-0.4, -0.2) is 24.5 Å². The molecule has 0 aliphatic heterocycles. The maximum Gasteiger partial charge on any atom is 0.310 e. The molecule has 0 unspecified atom stereocenters. The maximum atomic E-state index is 12.1. The average molecular weight is 379 g/mol. The van der Waals surface area contributed by atoms with Crippen molar-refractivity contribution in [2.75, 3.05) is 6.61 Å². The van der Waals surface area contributed by atoms with Gasteiger partial charge in [-0.15, -0.1) is 0 Å². The van der Waals surface area contributed by atoms with Crippen LogP contribution < -0.4 is 5.32 Å². The van der Waals surface area contributed by atoms with Crippen molar-refractivity contribution in [2.24, 2.45) is 0 Å². The Kier molecular flexibility index (Phi) is 6.48. The van der Waals surface area contributed by atoms with Crippen molar-refractivity contribution in [3.8, 4) is 0 Å². The molecule has 0 spiro atoms. The molecule has 1 N–H and O–H groups in total. The van der Waals surface area contributed by atoms with E-state index in [0.717, 1.165) is 34.9 Å². The lowest BCUT2D eigenvalue weighted by atomic mass is 10.1. The highest BCUT2D eigenvalue weighted by Crippen LogP contribution is 2.22. The van der Waals surface area contributed by atoms with Gasteiger partial charge in [0, 0.05) is 17.0 Å². The second-order valence-electron chi connectivity index (χ2n) is 7.09. The molecule has 0 fully saturated rings. The highest BCUT2D eigenvalue weighted by Gasteiger charge is 2.14. The number of fused-ring (bicyclic) bond motifs is 1. The molecule has 0 aliphatic carbocycles. The molecule has 0 bridgehead atoms. The molecule has 0 radical (unpaired) electrons. The Bertz CT molecular complexity index is 946. The van der Waals surface area contributed by atoms with Crippen LogP contribution in [0.3, 0.4) is 0 Å². The third kappa shape index (κ3) is 5.46. The molecule has 3 rings (SSSR count). The summed E-state index contributed by atoms with van der Waals surface area (Å²) < 4.78 is 10.6. The summed E-state index contributed by atoms with van der Waals surface area (Å²) in [5.74, 6) is -0.739. The van der Waals surface area contributed by atoms with Crippen LogP contribution in [0.15, 0.2) is 59.2 Å². The van der Waals surface area contributed by atoms with Gasteiger partial charge >= 0.3 is 5.97 Å². The first-order valence-corrected chi connectivity index (χ1v) is 9.47. The van der Waals surface area contributed by atoms with Crippen LogP contribution in [0.2, 0.25) is 0 Å². The molecule has 1 heterocycles. The van der Waals surface area contributed by atoms with Gasteiger partial charge in [-0.2, -0.15) is 0 Å². The standard InChI is InChI=1S/C23H25NO4/c1-16-8-11-20-19(14-27-21(20)12-16)13-23(26)28-15-22(25)24-17(2)9-10-18-6-4-3-5-7-18/h3-8,11-12,14,17H,9-10,13,15H2,1-2H3,(H,24,25)/t17-/m0/s1. The first kappa shape index (κ1) is 19.7. The quantitative estimate of drug-likeness (QED) is 0.602. The second kappa shape index (κ2) is 9.22. The number of nitrogens with one attached hydrogen (secondary N) is 1. The Balaban J connectivity index is 1.41. The Labute approximate surface area is 164 Å². The molecule has 1 atom stereocenters. The topological polar surface area (TPSA) is 68.5 Å². The number of benzene rings is 2. The van der Waals surface area contributed by atoms with Gasteiger partial charge in [-0.05, 0) is 43.9 Å². The fraction of sp³-hybridized carbons (Fsp3) is 0.304. The molecule has 2 aromatic carbocycles. The predicted octanol–water partition coefficient (Wildman–Crippen LogP) is 3.96. The monoisotopic (exact) mass is 379 g/mol. The lowest BCUT2D eigenvalue weighted by Crippen LogP contribution is -2.36. The van der Waals surface area contributed by atoms with Crippen molar-refractivity contribution in [3.63, 3.8) is 0 Å². The summed E-state index contributed by atoms with van der Waals surface area (Å²) in [7, 11) is 0. The molecule has 0 saturated carbocycles. The van der Waals surface area contributed by atoms with E-state index in [1.54, 1.807) is 6.26 Å². The van der Waals surface area contributed by atoms with Gasteiger partial charge in [0.15, 0.2) is 6.61 Å². The first-order chi connectivity index (χ1) is 13.5. The minimum absolute atomic E-state index is 0.00691. The Morgan fingerprint density at radius 3 is 2.71 bits per heavy atom. The molecule has 0 aliphatic rings. The largest absolute Gasteiger partial charge is 0.464 e. The van der Waals surface area contributed by atoms with Crippen LogP contribution in [0.5, 0.6) is 0 Å². The summed E-state index contributed by atoms with van der Waals surface area (Å²) in [6.07, 6.45) is 3.35. The lowest BCUT2D eigenvalue weighted by molar-refractivity contribution is -0.148. The van der Waals surface area contributed by atoms with Crippen LogP contribution in [0.25, 0.3) is 11.0 Å². The summed E-state index contributed by atoms with van der Waals surface area (Å²) >= 11 is 0. The summed E-state index contributed by atoms with van der Waals surface area (Å²) in [6, 6.07) is 16.0. The van der Waals surface area contributed by atoms with E-state index in [1.807, 2.05) is 50.2 Å². The molecule has 3 aromatic rings. The van der Waals surface area contributed by atoms with Crippen molar-refractivity contribution in [3.05, 3.63) is 71.5 Å². The van der Waals surface area contributed by atoms with Crippen molar-refractivity contribution in [1.82, 2.24) is 5.32 Å². The van der Waals surface area contributed by atoms with E-state index < -0.39 is 5.97 Å². The zero-order valence-corrected chi connectivity index (χ0v) is 16.2. The zero-order valence-electron chi connectivity index (χ0n) is 16.2. The van der Waals surface area contributed by atoms with E-state index in [2.05, 4.69) is 17.4 Å². The number of carbonyl (C=O) groups is 2. The predicted molar refractivity (Wildman–Crippen MR) is 108 cm³/mol. The summed E-state index contributed by atoms with van der Waals surface area (Å²) in [5.41, 5.74) is 3.83. The first-order valence-electron chi connectivity index (χ1n) is 9.47. The third-order valence-electron chi connectivity index (χ3n) is 4.63. The smallest absolute Gasteiger partial charge is 0.310 e. The van der Waals surface area contributed by atoms with Crippen molar-refractivity contribution < 1.29 is 18.7 Å². The molecule has 5 nitrogen and oxygen atoms in total. The second-order valence-corrected chi connectivity index (χ2v) is 7.09. The number of hydrogen-bond acceptors (Lipinski definition) is 4. The van der Waals surface area contributed by atoms with Crippen molar-refractivity contribution in [2.45, 2.75) is 39.2 Å². The molecule has 1 amide bonds. The molecule has 5 heteroatoms. The van der Waals surface area contributed by atoms with Crippen LogP contribution in [0.4, 0.5) is 0 Å². The van der Waals surface area contributed by atoms with Gasteiger partial charge in [0.1, 0.15) is 5.58 Å². The number of amides is 1. The van der Waals surface area contributed by atoms with Gasteiger partial charge in [0.2, 0.25) is 0 Å². The Hall–Kier alpha value is -3.08. The number of aryl methyl sites for hydroxylation is 2. The van der Waals surface area contributed by atoms with E-state index in [-0.39, 0.29) is 25.0 Å². The van der Waals surface area contributed by atoms with E-state index in [9.17, 15) is 9.59 Å². The molecule has 0 saturated heterocycles. The Morgan fingerprint density at radius 1 is 1.14 bits per heavy atom. The fourth-order valence-corrected chi connectivity index (χ4v) is 3.10. The number of hydrogen-bond donors (Lipinski definition) is 1. The Morgan fingerprint density at radius 2 is 1.93 bits per heavy atom. The molecule has 28 heavy (non-hydrogen) atoms. The number of esters is 1. The van der Waals surface area contributed by atoms with Crippen molar-refractivity contribution in [1.29, 1.82) is 0 Å². The van der Waals surface area contributed by atoms with Gasteiger partial charge in [-0.25, -0.2) is 0 Å². The summed E-state index contributed by atoms with van der Waals surface area (Å²) in [5, 5.41) is 3.76. The summed E-state index contributed by atoms with van der Waals surface area (Å²) in [4.78, 5) is 24.1. The van der Waals surface area contributed by atoms with E-state index in [1.165, 1.54) is 5.56 Å². The normalized spacial score (nSPS) is 11.9. The summed E-state index contributed by atoms with van der Waals surface area (Å²) in [6.45, 7) is 3.65.